The van der Waals surface area contributed by atoms with Crippen molar-refractivity contribution >= 4 is 23.6 Å². The van der Waals surface area contributed by atoms with Gasteiger partial charge in [0.25, 0.3) is 0 Å². The molecule has 3 N–H and O–H groups in total. The van der Waals surface area contributed by atoms with Gasteiger partial charge in [-0.05, 0) is 12.1 Å². The Kier molecular flexibility index (Phi) is 4.26. The molecule has 1 fully saturated rings. The minimum Gasteiger partial charge on any atom is -0.464 e. The van der Waals surface area contributed by atoms with Gasteiger partial charge in [0.05, 0.1) is 24.6 Å². The molecule has 0 spiro atoms. The SMILES string of the molecule is O=C(O)NN(C(=O)O)c1ccccc1N1CCOCC1. The summed E-state index contributed by atoms with van der Waals surface area (Å²) in [5, 5.41) is 18.5. The molecular formula is C12H15N3O5. The Morgan fingerprint density at radius 1 is 1.20 bits per heavy atom. The maximum atomic E-state index is 11.2. The molecule has 0 bridgehead atoms. The minimum atomic E-state index is -1.44. The van der Waals surface area contributed by atoms with E-state index in [1.165, 1.54) is 0 Å². The molecule has 1 heterocycles. The number of nitrogens with one attached hydrogen (secondary N) is 1. The summed E-state index contributed by atoms with van der Waals surface area (Å²) in [7, 11) is 0. The number of carbonyl (C=O) groups is 2. The lowest BCUT2D eigenvalue weighted by atomic mass is 10.2. The number of rotatable bonds is 2. The first-order valence-electron chi connectivity index (χ1n) is 6.04. The lowest BCUT2D eigenvalue weighted by Gasteiger charge is -2.32. The molecule has 0 radical (unpaired) electrons. The van der Waals surface area contributed by atoms with Crippen LogP contribution < -0.4 is 15.3 Å². The molecule has 8 heteroatoms. The van der Waals surface area contributed by atoms with E-state index < -0.39 is 12.2 Å². The fourth-order valence-corrected chi connectivity index (χ4v) is 2.03. The number of hydrazine groups is 1. The van der Waals surface area contributed by atoms with Crippen LogP contribution in [0, 0.1) is 0 Å². The molecule has 0 atom stereocenters. The lowest BCUT2D eigenvalue weighted by molar-refractivity contribution is 0.122. The third kappa shape index (κ3) is 3.09. The number of benzene rings is 1. The standard InChI is InChI=1S/C12H15N3O5/c16-11(17)13-15(12(18)19)10-4-2-1-3-9(10)14-5-7-20-8-6-14/h1-4,13H,5-8H2,(H,16,17)(H,18,19). The van der Waals surface area contributed by atoms with Crippen molar-refractivity contribution < 1.29 is 24.5 Å². The van der Waals surface area contributed by atoms with Gasteiger partial charge < -0.3 is 19.8 Å². The number of para-hydroxylation sites is 2. The molecule has 1 saturated heterocycles. The van der Waals surface area contributed by atoms with E-state index in [0.29, 0.717) is 37.0 Å². The highest BCUT2D eigenvalue weighted by Crippen LogP contribution is 2.29. The van der Waals surface area contributed by atoms with Crippen molar-refractivity contribution in [3.63, 3.8) is 0 Å². The molecular weight excluding hydrogens is 266 g/mol. The fraction of sp³-hybridized carbons (Fsp3) is 0.333. The number of nitrogens with zero attached hydrogens (tertiary/aromatic N) is 2. The zero-order valence-electron chi connectivity index (χ0n) is 10.7. The Morgan fingerprint density at radius 2 is 1.85 bits per heavy atom. The van der Waals surface area contributed by atoms with Crippen molar-refractivity contribution in [1.82, 2.24) is 5.43 Å². The van der Waals surface area contributed by atoms with Gasteiger partial charge in [-0.1, -0.05) is 12.1 Å². The van der Waals surface area contributed by atoms with Crippen LogP contribution in [0.15, 0.2) is 24.3 Å². The molecule has 1 aromatic carbocycles. The molecule has 0 aliphatic carbocycles. The minimum absolute atomic E-state index is 0.268. The molecule has 1 aliphatic rings. The van der Waals surface area contributed by atoms with Gasteiger partial charge in [-0.3, -0.25) is 0 Å². The van der Waals surface area contributed by atoms with Crippen LogP contribution >= 0.6 is 0 Å². The van der Waals surface area contributed by atoms with Gasteiger partial charge in [-0.25, -0.2) is 15.0 Å². The summed E-state index contributed by atoms with van der Waals surface area (Å²) in [5.74, 6) is 0. The zero-order valence-corrected chi connectivity index (χ0v) is 10.7. The second-order valence-electron chi connectivity index (χ2n) is 4.12. The smallest absolute Gasteiger partial charge is 0.431 e. The van der Waals surface area contributed by atoms with Crippen molar-refractivity contribution in [3.05, 3.63) is 24.3 Å². The number of hydrogen-bond acceptors (Lipinski definition) is 4. The summed E-state index contributed by atoms with van der Waals surface area (Å²) in [4.78, 5) is 23.9. The van der Waals surface area contributed by atoms with Crippen molar-refractivity contribution in [2.75, 3.05) is 36.2 Å². The van der Waals surface area contributed by atoms with Gasteiger partial charge in [0.2, 0.25) is 0 Å². The number of hydrogen-bond donors (Lipinski definition) is 3. The highest BCUT2D eigenvalue weighted by molar-refractivity contribution is 5.93. The summed E-state index contributed by atoms with van der Waals surface area (Å²) >= 11 is 0. The number of anilines is 2. The predicted molar refractivity (Wildman–Crippen MR) is 71.1 cm³/mol. The molecule has 1 aromatic rings. The van der Waals surface area contributed by atoms with E-state index in [1.807, 2.05) is 10.3 Å². The molecule has 1 aliphatic heterocycles. The summed E-state index contributed by atoms with van der Waals surface area (Å²) in [6, 6.07) is 6.73. The van der Waals surface area contributed by atoms with Crippen molar-refractivity contribution in [2.24, 2.45) is 0 Å². The molecule has 0 saturated carbocycles. The van der Waals surface area contributed by atoms with E-state index in [9.17, 15) is 9.59 Å². The van der Waals surface area contributed by atoms with E-state index in [2.05, 4.69) is 0 Å². The first-order valence-corrected chi connectivity index (χ1v) is 6.04. The first kappa shape index (κ1) is 13.9. The van der Waals surface area contributed by atoms with Crippen LogP contribution in [0.3, 0.4) is 0 Å². The topological polar surface area (TPSA) is 102 Å². The maximum absolute atomic E-state index is 11.2. The van der Waals surface area contributed by atoms with Crippen molar-refractivity contribution in [1.29, 1.82) is 0 Å². The normalized spacial score (nSPS) is 14.7. The Hall–Kier alpha value is -2.48. The molecule has 20 heavy (non-hydrogen) atoms. The average molecular weight is 281 g/mol. The third-order valence-corrected chi connectivity index (χ3v) is 2.87. The van der Waals surface area contributed by atoms with E-state index in [1.54, 1.807) is 24.3 Å². The monoisotopic (exact) mass is 281 g/mol. The second kappa shape index (κ2) is 6.11. The molecule has 2 amide bonds. The Morgan fingerprint density at radius 3 is 2.45 bits per heavy atom. The largest absolute Gasteiger partial charge is 0.464 e. The fourth-order valence-electron chi connectivity index (χ4n) is 2.03. The van der Waals surface area contributed by atoms with Crippen LogP contribution in [0.5, 0.6) is 0 Å². The quantitative estimate of drug-likeness (QED) is 0.704. The van der Waals surface area contributed by atoms with E-state index >= 15 is 0 Å². The highest BCUT2D eigenvalue weighted by atomic mass is 16.5. The van der Waals surface area contributed by atoms with Gasteiger partial charge in [0.15, 0.2) is 0 Å². The summed E-state index contributed by atoms with van der Waals surface area (Å²) in [6.07, 6.45) is -2.84. The van der Waals surface area contributed by atoms with Crippen LogP contribution in [0.4, 0.5) is 21.0 Å². The Bertz CT molecular complexity index is 502. The Balaban J connectivity index is 2.33. The van der Waals surface area contributed by atoms with Gasteiger partial charge in [-0.2, -0.15) is 5.01 Å². The van der Waals surface area contributed by atoms with Gasteiger partial charge in [0.1, 0.15) is 0 Å². The lowest BCUT2D eigenvalue weighted by Crippen LogP contribution is -2.46. The molecule has 8 nitrogen and oxygen atoms in total. The van der Waals surface area contributed by atoms with Gasteiger partial charge >= 0.3 is 12.2 Å². The number of ether oxygens (including phenoxy) is 1. The van der Waals surface area contributed by atoms with Gasteiger partial charge in [-0.15, -0.1) is 0 Å². The number of morpholine rings is 1. The van der Waals surface area contributed by atoms with E-state index in [-0.39, 0.29) is 5.69 Å². The molecule has 0 unspecified atom stereocenters. The van der Waals surface area contributed by atoms with Crippen LogP contribution in [0.25, 0.3) is 0 Å². The third-order valence-electron chi connectivity index (χ3n) is 2.87. The number of amides is 2. The highest BCUT2D eigenvalue weighted by Gasteiger charge is 2.23. The first-order chi connectivity index (χ1) is 9.59. The second-order valence-corrected chi connectivity index (χ2v) is 4.12. The maximum Gasteiger partial charge on any atom is 0.431 e. The van der Waals surface area contributed by atoms with Crippen LogP contribution in [-0.2, 0) is 4.74 Å². The Labute approximate surface area is 115 Å². The molecule has 0 aromatic heterocycles. The van der Waals surface area contributed by atoms with Crippen LogP contribution in [0.1, 0.15) is 0 Å². The summed E-state index contributed by atoms with van der Waals surface area (Å²) < 4.78 is 5.25. The van der Waals surface area contributed by atoms with E-state index in [4.69, 9.17) is 14.9 Å². The van der Waals surface area contributed by atoms with Crippen molar-refractivity contribution in [2.45, 2.75) is 0 Å². The van der Waals surface area contributed by atoms with Crippen LogP contribution in [-0.4, -0.2) is 48.7 Å². The average Bonchev–Trinajstić information content (AvgIpc) is 2.45. The zero-order chi connectivity index (χ0) is 14.5. The summed E-state index contributed by atoms with van der Waals surface area (Å²) in [5.41, 5.74) is 2.78. The van der Waals surface area contributed by atoms with Gasteiger partial charge in [0, 0.05) is 13.1 Å². The molecule has 108 valence electrons. The molecule has 2 rings (SSSR count). The number of carboxylic acid groups (broad SMARTS) is 2. The van der Waals surface area contributed by atoms with Crippen LogP contribution in [0.2, 0.25) is 0 Å². The predicted octanol–water partition coefficient (Wildman–Crippen LogP) is 1.19. The van der Waals surface area contributed by atoms with Crippen molar-refractivity contribution in [3.8, 4) is 0 Å². The van der Waals surface area contributed by atoms with E-state index in [0.717, 1.165) is 0 Å². The summed E-state index contributed by atoms with van der Waals surface area (Å²) in [6.45, 7) is 2.34.